The molecular weight excluding hydrogens is 308 g/mol. The second kappa shape index (κ2) is 6.90. The third-order valence-electron chi connectivity index (χ3n) is 4.53. The molecule has 0 bridgehead atoms. The van der Waals surface area contributed by atoms with Crippen LogP contribution in [0.3, 0.4) is 0 Å². The van der Waals surface area contributed by atoms with Crippen molar-refractivity contribution in [1.29, 1.82) is 0 Å². The van der Waals surface area contributed by atoms with Gasteiger partial charge in [-0.2, -0.15) is 0 Å². The van der Waals surface area contributed by atoms with Gasteiger partial charge in [-0.15, -0.1) is 0 Å². The highest BCUT2D eigenvalue weighted by molar-refractivity contribution is 5.80. The van der Waals surface area contributed by atoms with Crippen LogP contribution in [0.1, 0.15) is 25.7 Å². The first-order chi connectivity index (χ1) is 11.6. The Morgan fingerprint density at radius 1 is 1.12 bits per heavy atom. The molecule has 7 nitrogen and oxygen atoms in total. The van der Waals surface area contributed by atoms with E-state index in [9.17, 15) is 4.79 Å². The first-order valence-corrected chi connectivity index (χ1v) is 8.05. The molecule has 1 fully saturated rings. The van der Waals surface area contributed by atoms with Crippen molar-refractivity contribution in [2.45, 2.75) is 31.7 Å². The molecule has 24 heavy (non-hydrogen) atoms. The Morgan fingerprint density at radius 2 is 1.75 bits per heavy atom. The predicted octanol–water partition coefficient (Wildman–Crippen LogP) is 2.10. The smallest absolute Gasteiger partial charge is 0.220 e. The van der Waals surface area contributed by atoms with E-state index in [1.807, 2.05) is 12.1 Å². The number of nitrogens with two attached hydrogens (primary N) is 1. The fraction of sp³-hybridized carbons (Fsp3) is 0.471. The Hall–Kier alpha value is -2.57. The first kappa shape index (κ1) is 16.3. The molecule has 1 amide bonds. The maximum atomic E-state index is 11.2. The molecule has 1 heterocycles. The van der Waals surface area contributed by atoms with Crippen molar-refractivity contribution in [2.24, 2.45) is 11.7 Å². The summed E-state index contributed by atoms with van der Waals surface area (Å²) < 4.78 is 10.6. The lowest BCUT2D eigenvalue weighted by Crippen LogP contribution is -2.32. The molecule has 128 valence electrons. The standard InChI is InChI=1S/C17H22N4O3/c1-23-14-7-12-13(8-15(14)24-2)21-16(9-19-12)20-11-5-3-10(4-6-11)17(18)22/h7-11H,3-6H2,1-2H3,(H2,18,22)(H,20,21). The number of amides is 1. The molecule has 1 saturated carbocycles. The molecule has 1 aliphatic rings. The molecular formula is C17H22N4O3. The minimum absolute atomic E-state index is 0.00228. The van der Waals surface area contributed by atoms with Crippen LogP contribution in [0.25, 0.3) is 11.0 Å². The van der Waals surface area contributed by atoms with Crippen molar-refractivity contribution in [1.82, 2.24) is 9.97 Å². The number of carbonyl (C=O) groups is 1. The van der Waals surface area contributed by atoms with Crippen LogP contribution in [-0.2, 0) is 4.79 Å². The van der Waals surface area contributed by atoms with Gasteiger partial charge in [0.1, 0.15) is 5.82 Å². The number of anilines is 1. The molecule has 0 aliphatic heterocycles. The van der Waals surface area contributed by atoms with Gasteiger partial charge in [0, 0.05) is 24.1 Å². The monoisotopic (exact) mass is 330 g/mol. The summed E-state index contributed by atoms with van der Waals surface area (Å²) in [7, 11) is 3.19. The molecule has 0 saturated heterocycles. The summed E-state index contributed by atoms with van der Waals surface area (Å²) in [4.78, 5) is 20.3. The summed E-state index contributed by atoms with van der Waals surface area (Å²) in [6.45, 7) is 0. The van der Waals surface area contributed by atoms with E-state index in [4.69, 9.17) is 15.2 Å². The van der Waals surface area contributed by atoms with Crippen molar-refractivity contribution in [2.75, 3.05) is 19.5 Å². The van der Waals surface area contributed by atoms with Gasteiger partial charge in [0.15, 0.2) is 11.5 Å². The molecule has 3 N–H and O–H groups in total. The zero-order chi connectivity index (χ0) is 17.1. The fourth-order valence-corrected chi connectivity index (χ4v) is 3.14. The van der Waals surface area contributed by atoms with Gasteiger partial charge in [-0.1, -0.05) is 0 Å². The summed E-state index contributed by atoms with van der Waals surface area (Å²) in [5, 5.41) is 3.40. The van der Waals surface area contributed by atoms with Crippen LogP contribution >= 0.6 is 0 Å². The summed E-state index contributed by atoms with van der Waals surface area (Å²) in [5.74, 6) is 1.78. The summed E-state index contributed by atoms with van der Waals surface area (Å²) >= 11 is 0. The van der Waals surface area contributed by atoms with Gasteiger partial charge in [-0.3, -0.25) is 9.78 Å². The molecule has 7 heteroatoms. The topological polar surface area (TPSA) is 99.4 Å². The first-order valence-electron chi connectivity index (χ1n) is 8.05. The van der Waals surface area contributed by atoms with E-state index in [0.29, 0.717) is 11.5 Å². The Morgan fingerprint density at radius 3 is 2.33 bits per heavy atom. The number of hydrogen-bond donors (Lipinski definition) is 2. The van der Waals surface area contributed by atoms with Crippen LogP contribution in [0, 0.1) is 5.92 Å². The average molecular weight is 330 g/mol. The molecule has 3 rings (SSSR count). The maximum absolute atomic E-state index is 11.2. The molecule has 0 atom stereocenters. The molecule has 0 spiro atoms. The average Bonchev–Trinajstić information content (AvgIpc) is 2.60. The molecule has 2 aromatic rings. The van der Waals surface area contributed by atoms with Crippen molar-refractivity contribution >= 4 is 22.8 Å². The van der Waals surface area contributed by atoms with Crippen LogP contribution in [-0.4, -0.2) is 36.1 Å². The van der Waals surface area contributed by atoms with Gasteiger partial charge < -0.3 is 20.5 Å². The minimum Gasteiger partial charge on any atom is -0.493 e. The van der Waals surface area contributed by atoms with Crippen molar-refractivity contribution in [3.05, 3.63) is 18.3 Å². The van der Waals surface area contributed by atoms with E-state index in [2.05, 4.69) is 15.3 Å². The molecule has 1 aliphatic carbocycles. The number of methoxy groups -OCH3 is 2. The lowest BCUT2D eigenvalue weighted by Gasteiger charge is -2.27. The van der Waals surface area contributed by atoms with Gasteiger partial charge in [0.05, 0.1) is 31.4 Å². The number of nitrogens with one attached hydrogen (secondary N) is 1. The van der Waals surface area contributed by atoms with E-state index in [-0.39, 0.29) is 17.9 Å². The molecule has 1 aromatic carbocycles. The summed E-state index contributed by atoms with van der Waals surface area (Å²) in [5.41, 5.74) is 6.86. The highest BCUT2D eigenvalue weighted by atomic mass is 16.5. The normalized spacial score (nSPS) is 20.6. The fourth-order valence-electron chi connectivity index (χ4n) is 3.14. The highest BCUT2D eigenvalue weighted by Gasteiger charge is 2.24. The van der Waals surface area contributed by atoms with Crippen LogP contribution < -0.4 is 20.5 Å². The number of aromatic nitrogens is 2. The van der Waals surface area contributed by atoms with Crippen LogP contribution in [0.4, 0.5) is 5.82 Å². The van der Waals surface area contributed by atoms with Crippen molar-refractivity contribution in [3.8, 4) is 11.5 Å². The lowest BCUT2D eigenvalue weighted by molar-refractivity contribution is -0.122. The Balaban J connectivity index is 1.75. The summed E-state index contributed by atoms with van der Waals surface area (Å²) in [6.07, 6.45) is 5.16. The quantitative estimate of drug-likeness (QED) is 0.871. The van der Waals surface area contributed by atoms with Gasteiger partial charge in [0.25, 0.3) is 0 Å². The number of rotatable bonds is 5. The third kappa shape index (κ3) is 3.34. The molecule has 1 aromatic heterocycles. The Bertz CT molecular complexity index is 742. The van der Waals surface area contributed by atoms with E-state index in [1.165, 1.54) is 0 Å². The lowest BCUT2D eigenvalue weighted by atomic mass is 9.85. The minimum atomic E-state index is -0.194. The van der Waals surface area contributed by atoms with Crippen LogP contribution in [0.2, 0.25) is 0 Å². The van der Waals surface area contributed by atoms with Crippen molar-refractivity contribution in [3.63, 3.8) is 0 Å². The Labute approximate surface area is 140 Å². The van der Waals surface area contributed by atoms with E-state index in [1.54, 1.807) is 20.4 Å². The van der Waals surface area contributed by atoms with Gasteiger partial charge in [0.2, 0.25) is 5.91 Å². The zero-order valence-electron chi connectivity index (χ0n) is 13.9. The van der Waals surface area contributed by atoms with E-state index < -0.39 is 0 Å². The number of primary amides is 1. The number of carbonyl (C=O) groups excluding carboxylic acids is 1. The van der Waals surface area contributed by atoms with E-state index in [0.717, 1.165) is 42.5 Å². The largest absolute Gasteiger partial charge is 0.493 e. The number of hydrogen-bond acceptors (Lipinski definition) is 6. The second-order valence-electron chi connectivity index (χ2n) is 6.05. The molecule has 0 unspecified atom stereocenters. The molecule has 0 radical (unpaired) electrons. The predicted molar refractivity (Wildman–Crippen MR) is 91.2 cm³/mol. The van der Waals surface area contributed by atoms with E-state index >= 15 is 0 Å². The number of benzene rings is 1. The Kier molecular flexibility index (Phi) is 4.69. The number of nitrogens with zero attached hydrogens (tertiary/aromatic N) is 2. The second-order valence-corrected chi connectivity index (χ2v) is 6.05. The third-order valence-corrected chi connectivity index (χ3v) is 4.53. The van der Waals surface area contributed by atoms with Gasteiger partial charge >= 0.3 is 0 Å². The van der Waals surface area contributed by atoms with Crippen LogP contribution in [0.5, 0.6) is 11.5 Å². The van der Waals surface area contributed by atoms with Crippen LogP contribution in [0.15, 0.2) is 18.3 Å². The van der Waals surface area contributed by atoms with Crippen molar-refractivity contribution < 1.29 is 14.3 Å². The zero-order valence-corrected chi connectivity index (χ0v) is 13.9. The summed E-state index contributed by atoms with van der Waals surface area (Å²) in [6, 6.07) is 3.91. The van der Waals surface area contributed by atoms with Gasteiger partial charge in [-0.05, 0) is 25.7 Å². The maximum Gasteiger partial charge on any atom is 0.220 e. The SMILES string of the molecule is COc1cc2ncc(NC3CCC(C(N)=O)CC3)nc2cc1OC. The van der Waals surface area contributed by atoms with Gasteiger partial charge in [-0.25, -0.2) is 4.98 Å². The highest BCUT2D eigenvalue weighted by Crippen LogP contribution is 2.31. The number of ether oxygens (including phenoxy) is 2. The number of fused-ring (bicyclic) bond motifs is 1.